The normalized spacial score (nSPS) is 15.4. The van der Waals surface area contributed by atoms with Gasteiger partial charge in [0.1, 0.15) is 11.5 Å². The van der Waals surface area contributed by atoms with Gasteiger partial charge in [-0.2, -0.15) is 0 Å². The van der Waals surface area contributed by atoms with Crippen LogP contribution in [0.2, 0.25) is 0 Å². The van der Waals surface area contributed by atoms with E-state index in [1.807, 2.05) is 0 Å². The number of rotatable bonds is 2. The first-order valence-corrected chi connectivity index (χ1v) is 13.8. The maximum absolute atomic E-state index is 11.6. The van der Waals surface area contributed by atoms with Crippen LogP contribution in [-0.2, 0) is 19.2 Å². The molecule has 6 rings (SSSR count). The van der Waals surface area contributed by atoms with E-state index in [4.69, 9.17) is 4.74 Å². The summed E-state index contributed by atoms with van der Waals surface area (Å²) in [6.45, 7) is 8.50. The summed E-state index contributed by atoms with van der Waals surface area (Å²) in [7, 11) is 0. The van der Waals surface area contributed by atoms with Crippen LogP contribution in [0.25, 0.3) is 0 Å². The molecule has 2 saturated heterocycles. The highest BCUT2D eigenvalue weighted by molar-refractivity contribution is 6.22. The Hall–Kier alpha value is -5.20. The van der Waals surface area contributed by atoms with Crippen molar-refractivity contribution in [2.75, 3.05) is 0 Å². The molecule has 0 saturated carbocycles. The molecule has 43 heavy (non-hydrogen) atoms. The Balaban J connectivity index is 0.000000262. The van der Waals surface area contributed by atoms with Crippen LogP contribution < -0.4 is 26.0 Å². The fourth-order valence-electron chi connectivity index (χ4n) is 3.57. The minimum atomic E-state index is -0.477. The average Bonchev–Trinajstić information content (AvgIpc) is 3.68. The maximum Gasteiger partial charge on any atom is 0.259 e. The van der Waals surface area contributed by atoms with Gasteiger partial charge in [-0.1, -0.05) is 40.5 Å². The number of amides is 8. The van der Waals surface area contributed by atoms with E-state index in [1.54, 1.807) is 12.1 Å². The SMILES string of the molecule is CCC.CCC.O=C1CCC(=O)N1.O=C1CCC(=O)N1.O=C1NC(=O)c2cc(Oc3ccc4c(c3)C(=O)NC4=O)ccc21. The van der Waals surface area contributed by atoms with Gasteiger partial charge in [-0.05, 0) is 36.4 Å². The highest BCUT2D eigenvalue weighted by Crippen LogP contribution is 2.28. The molecule has 4 heterocycles. The first-order valence-electron chi connectivity index (χ1n) is 13.8. The maximum atomic E-state index is 11.6. The van der Waals surface area contributed by atoms with E-state index >= 15 is 0 Å². The Morgan fingerprint density at radius 2 is 0.744 bits per heavy atom. The molecule has 13 nitrogen and oxygen atoms in total. The number of benzene rings is 2. The predicted molar refractivity (Wildman–Crippen MR) is 153 cm³/mol. The average molecular weight is 595 g/mol. The molecule has 2 fully saturated rings. The van der Waals surface area contributed by atoms with Gasteiger partial charge in [0, 0.05) is 25.7 Å². The van der Waals surface area contributed by atoms with Crippen LogP contribution in [0.4, 0.5) is 0 Å². The minimum absolute atomic E-state index is 0.148. The number of carbonyl (C=O) groups is 8. The second kappa shape index (κ2) is 16.3. The van der Waals surface area contributed by atoms with Crippen molar-refractivity contribution >= 4 is 47.3 Å². The number of hydrogen-bond donors (Lipinski definition) is 4. The van der Waals surface area contributed by atoms with Crippen molar-refractivity contribution in [1.29, 1.82) is 0 Å². The molecule has 0 unspecified atom stereocenters. The summed E-state index contributed by atoms with van der Waals surface area (Å²) in [6, 6.07) is 9.00. The van der Waals surface area contributed by atoms with Gasteiger partial charge < -0.3 is 4.74 Å². The number of ether oxygens (including phenoxy) is 1. The first-order chi connectivity index (χ1) is 20.4. The second-order valence-corrected chi connectivity index (χ2v) is 9.44. The van der Waals surface area contributed by atoms with E-state index < -0.39 is 23.6 Å². The predicted octanol–water partition coefficient (Wildman–Crippen LogP) is 2.92. The molecule has 13 heteroatoms. The van der Waals surface area contributed by atoms with Gasteiger partial charge >= 0.3 is 0 Å². The second-order valence-electron chi connectivity index (χ2n) is 9.44. The number of carbonyl (C=O) groups excluding carboxylic acids is 8. The minimum Gasteiger partial charge on any atom is -0.457 e. The van der Waals surface area contributed by atoms with E-state index in [0.29, 0.717) is 48.3 Å². The molecule has 4 N–H and O–H groups in total. The highest BCUT2D eigenvalue weighted by Gasteiger charge is 2.28. The molecule has 0 spiro atoms. The lowest BCUT2D eigenvalue weighted by Gasteiger charge is -2.07. The summed E-state index contributed by atoms with van der Waals surface area (Å²) in [5, 5.41) is 8.67. The zero-order valence-corrected chi connectivity index (χ0v) is 24.4. The molecular formula is C30H34N4O9. The largest absolute Gasteiger partial charge is 0.457 e. The van der Waals surface area contributed by atoms with Crippen molar-refractivity contribution in [1.82, 2.24) is 21.3 Å². The quantitative estimate of drug-likeness (QED) is 0.378. The summed E-state index contributed by atoms with van der Waals surface area (Å²) in [6.07, 6.45) is 4.00. The highest BCUT2D eigenvalue weighted by atomic mass is 16.5. The molecule has 0 bridgehead atoms. The smallest absolute Gasteiger partial charge is 0.259 e. The van der Waals surface area contributed by atoms with Gasteiger partial charge in [0.05, 0.1) is 22.3 Å². The van der Waals surface area contributed by atoms with Crippen LogP contribution in [0.15, 0.2) is 36.4 Å². The lowest BCUT2D eigenvalue weighted by Crippen LogP contribution is -2.19. The molecule has 228 valence electrons. The van der Waals surface area contributed by atoms with Crippen molar-refractivity contribution < 1.29 is 43.1 Å². The fourth-order valence-corrected chi connectivity index (χ4v) is 3.57. The van der Waals surface area contributed by atoms with Gasteiger partial charge in [0.25, 0.3) is 23.6 Å². The van der Waals surface area contributed by atoms with E-state index in [0.717, 1.165) is 0 Å². The molecule has 0 radical (unpaired) electrons. The van der Waals surface area contributed by atoms with Crippen molar-refractivity contribution in [2.24, 2.45) is 0 Å². The summed E-state index contributed by atoms with van der Waals surface area (Å²) in [4.78, 5) is 86.7. The molecule has 4 aliphatic heterocycles. The Kier molecular flexibility index (Phi) is 12.9. The lowest BCUT2D eigenvalue weighted by molar-refractivity contribution is -0.126. The van der Waals surface area contributed by atoms with Gasteiger partial charge in [0.15, 0.2) is 0 Å². The number of nitrogens with one attached hydrogen (secondary N) is 4. The molecule has 4 aliphatic rings. The molecular weight excluding hydrogens is 560 g/mol. The van der Waals surface area contributed by atoms with Gasteiger partial charge in [-0.3, -0.25) is 59.6 Å². The number of hydrogen-bond acceptors (Lipinski definition) is 9. The van der Waals surface area contributed by atoms with Crippen molar-refractivity contribution in [2.45, 2.75) is 66.2 Å². The molecule has 2 aromatic carbocycles. The molecule has 2 aromatic rings. The fraction of sp³-hybridized carbons (Fsp3) is 0.333. The van der Waals surface area contributed by atoms with E-state index in [2.05, 4.69) is 49.0 Å². The zero-order valence-electron chi connectivity index (χ0n) is 24.4. The van der Waals surface area contributed by atoms with Gasteiger partial charge in [0.2, 0.25) is 23.6 Å². The monoisotopic (exact) mass is 594 g/mol. The third-order valence-corrected chi connectivity index (χ3v) is 5.37. The third-order valence-electron chi connectivity index (χ3n) is 5.37. The number of imide groups is 4. The van der Waals surface area contributed by atoms with Crippen LogP contribution in [0.1, 0.15) is 108 Å². The van der Waals surface area contributed by atoms with E-state index in [1.165, 1.54) is 37.1 Å². The van der Waals surface area contributed by atoms with Crippen LogP contribution in [0, 0.1) is 0 Å². The first kappa shape index (κ1) is 34.0. The van der Waals surface area contributed by atoms with Gasteiger partial charge in [-0.25, -0.2) is 0 Å². The van der Waals surface area contributed by atoms with Crippen LogP contribution in [0.5, 0.6) is 11.5 Å². The van der Waals surface area contributed by atoms with Crippen molar-refractivity contribution in [3.63, 3.8) is 0 Å². The summed E-state index contributed by atoms with van der Waals surface area (Å²) in [5.41, 5.74) is 1.06. The van der Waals surface area contributed by atoms with E-state index in [9.17, 15) is 38.4 Å². The number of fused-ring (bicyclic) bond motifs is 2. The van der Waals surface area contributed by atoms with Crippen LogP contribution in [-0.4, -0.2) is 47.3 Å². The standard InChI is InChI=1S/C16H8N2O5.2C4H5NO2.2C3H8/c19-13-9-3-1-7(5-11(9)15(21)17-13)23-8-2-4-10-12(6-8)16(22)18-14(10)20;2*6-3-1-2-4(7)5-3;2*1-3-2/h1-6H,(H,17,19,21)(H,18,20,22);2*1-2H2,(H,5,6,7);2*3H2,1-2H3. The van der Waals surface area contributed by atoms with Crippen molar-refractivity contribution in [3.05, 3.63) is 58.7 Å². The van der Waals surface area contributed by atoms with Gasteiger partial charge in [-0.15, -0.1) is 0 Å². The molecule has 8 amide bonds. The summed E-state index contributed by atoms with van der Waals surface area (Å²) < 4.78 is 5.61. The Morgan fingerprint density at radius 3 is 1.00 bits per heavy atom. The Morgan fingerprint density at radius 1 is 0.465 bits per heavy atom. The molecule has 0 aromatic heterocycles. The molecule has 0 atom stereocenters. The zero-order chi connectivity index (χ0) is 32.1. The third kappa shape index (κ3) is 9.99. The lowest BCUT2D eigenvalue weighted by atomic mass is 10.1. The summed E-state index contributed by atoms with van der Waals surface area (Å²) in [5.74, 6) is -1.74. The molecule has 0 aliphatic carbocycles. The topological polar surface area (TPSA) is 194 Å². The van der Waals surface area contributed by atoms with Crippen LogP contribution in [0.3, 0.4) is 0 Å². The van der Waals surface area contributed by atoms with Crippen LogP contribution >= 0.6 is 0 Å². The Labute approximate surface area is 248 Å². The Bertz CT molecular complexity index is 1310. The van der Waals surface area contributed by atoms with Crippen molar-refractivity contribution in [3.8, 4) is 11.5 Å². The summed E-state index contributed by atoms with van der Waals surface area (Å²) >= 11 is 0. The van der Waals surface area contributed by atoms with E-state index in [-0.39, 0.29) is 34.8 Å².